The summed E-state index contributed by atoms with van der Waals surface area (Å²) in [5, 5.41) is 9.93. The Hall–Kier alpha value is -4.54. The Bertz CT molecular complexity index is 1390. The second-order valence-corrected chi connectivity index (χ2v) is 7.41. The van der Waals surface area contributed by atoms with Crippen LogP contribution in [0.4, 0.5) is 26.4 Å². The van der Waals surface area contributed by atoms with Crippen LogP contribution in [0.25, 0.3) is 22.3 Å². The SMILES string of the molecule is CCOC(=O)Cn1nc(-c2ccc(NC(=O)Nc3cccc(C)c3)c(F)c2)c2c(N)ncnc21. The summed E-state index contributed by atoms with van der Waals surface area (Å²) in [6.07, 6.45) is 1.26. The Balaban J connectivity index is 1.61. The lowest BCUT2D eigenvalue weighted by Crippen LogP contribution is -2.20. The molecular weight excluding hydrogens is 441 g/mol. The van der Waals surface area contributed by atoms with E-state index >= 15 is 0 Å². The molecule has 34 heavy (non-hydrogen) atoms. The number of benzene rings is 2. The lowest BCUT2D eigenvalue weighted by Gasteiger charge is -2.10. The molecule has 10 nitrogen and oxygen atoms in total. The second kappa shape index (κ2) is 9.53. The van der Waals surface area contributed by atoms with Crippen molar-refractivity contribution in [3.8, 4) is 11.3 Å². The molecule has 4 N–H and O–H groups in total. The molecule has 0 atom stereocenters. The van der Waals surface area contributed by atoms with Gasteiger partial charge in [-0.2, -0.15) is 5.10 Å². The van der Waals surface area contributed by atoms with E-state index in [1.165, 1.54) is 23.1 Å². The summed E-state index contributed by atoms with van der Waals surface area (Å²) in [5.74, 6) is -1.04. The minimum absolute atomic E-state index is 0.0200. The summed E-state index contributed by atoms with van der Waals surface area (Å²) in [5.41, 5.74) is 8.57. The molecule has 0 aliphatic carbocycles. The molecular formula is C23H22FN7O3. The van der Waals surface area contributed by atoms with Gasteiger partial charge in [0.15, 0.2) is 5.65 Å². The smallest absolute Gasteiger partial charge is 0.327 e. The van der Waals surface area contributed by atoms with Gasteiger partial charge in [-0.25, -0.2) is 23.8 Å². The molecule has 0 unspecified atom stereocenters. The molecule has 0 fully saturated rings. The summed E-state index contributed by atoms with van der Waals surface area (Å²) in [6.45, 7) is 3.63. The summed E-state index contributed by atoms with van der Waals surface area (Å²) >= 11 is 0. The average molecular weight is 463 g/mol. The number of nitrogens with zero attached hydrogens (tertiary/aromatic N) is 4. The number of anilines is 3. The van der Waals surface area contributed by atoms with Gasteiger partial charge in [0.1, 0.15) is 30.2 Å². The van der Waals surface area contributed by atoms with Crippen molar-refractivity contribution >= 4 is 40.2 Å². The van der Waals surface area contributed by atoms with Gasteiger partial charge in [-0.3, -0.25) is 4.79 Å². The Kier molecular flexibility index (Phi) is 6.35. The molecule has 0 aliphatic heterocycles. The van der Waals surface area contributed by atoms with E-state index in [0.29, 0.717) is 28.0 Å². The van der Waals surface area contributed by atoms with Crippen LogP contribution >= 0.6 is 0 Å². The van der Waals surface area contributed by atoms with Gasteiger partial charge < -0.3 is 21.1 Å². The lowest BCUT2D eigenvalue weighted by atomic mass is 10.1. The predicted octanol–water partition coefficient (Wildman–Crippen LogP) is 3.73. The highest BCUT2D eigenvalue weighted by Gasteiger charge is 2.20. The molecule has 4 aromatic rings. The monoisotopic (exact) mass is 463 g/mol. The first-order chi connectivity index (χ1) is 16.4. The van der Waals surface area contributed by atoms with Crippen LogP contribution in [0.5, 0.6) is 0 Å². The van der Waals surface area contributed by atoms with Crippen molar-refractivity contribution < 1.29 is 18.7 Å². The number of rotatable bonds is 6. The minimum atomic E-state index is -0.680. The maximum Gasteiger partial charge on any atom is 0.327 e. The molecule has 0 saturated heterocycles. The largest absolute Gasteiger partial charge is 0.465 e. The van der Waals surface area contributed by atoms with Crippen LogP contribution < -0.4 is 16.4 Å². The quantitative estimate of drug-likeness (QED) is 0.371. The Labute approximate surface area is 194 Å². The molecule has 174 valence electrons. The highest BCUT2D eigenvalue weighted by Crippen LogP contribution is 2.32. The number of esters is 1. The molecule has 2 heterocycles. The second-order valence-electron chi connectivity index (χ2n) is 7.41. The number of hydrogen-bond acceptors (Lipinski definition) is 7. The number of halogens is 1. The topological polar surface area (TPSA) is 137 Å². The maximum absolute atomic E-state index is 14.9. The lowest BCUT2D eigenvalue weighted by molar-refractivity contribution is -0.143. The summed E-state index contributed by atoms with van der Waals surface area (Å²) in [4.78, 5) is 32.4. The number of hydrogen-bond donors (Lipinski definition) is 3. The van der Waals surface area contributed by atoms with E-state index in [9.17, 15) is 14.0 Å². The average Bonchev–Trinajstić information content (AvgIpc) is 3.15. The van der Waals surface area contributed by atoms with Crippen LogP contribution in [0, 0.1) is 12.7 Å². The number of ether oxygens (including phenoxy) is 1. The van der Waals surface area contributed by atoms with Crippen molar-refractivity contribution in [3.05, 3.63) is 60.2 Å². The van der Waals surface area contributed by atoms with E-state index in [1.807, 2.05) is 13.0 Å². The van der Waals surface area contributed by atoms with E-state index in [-0.39, 0.29) is 24.7 Å². The van der Waals surface area contributed by atoms with Gasteiger partial charge in [-0.1, -0.05) is 18.2 Å². The third kappa shape index (κ3) is 4.77. The molecule has 2 aromatic heterocycles. The van der Waals surface area contributed by atoms with Crippen LogP contribution in [-0.4, -0.2) is 38.4 Å². The fourth-order valence-electron chi connectivity index (χ4n) is 3.44. The van der Waals surface area contributed by atoms with Gasteiger partial charge in [0.2, 0.25) is 0 Å². The first kappa shape index (κ1) is 22.6. The van der Waals surface area contributed by atoms with Gasteiger partial charge in [-0.05, 0) is 43.7 Å². The normalized spacial score (nSPS) is 10.8. The number of urea groups is 1. The van der Waals surface area contributed by atoms with Gasteiger partial charge in [-0.15, -0.1) is 0 Å². The molecule has 2 amide bonds. The van der Waals surface area contributed by atoms with Gasteiger partial charge in [0.25, 0.3) is 0 Å². The highest BCUT2D eigenvalue weighted by atomic mass is 19.1. The van der Waals surface area contributed by atoms with E-state index in [4.69, 9.17) is 10.5 Å². The van der Waals surface area contributed by atoms with Crippen molar-refractivity contribution in [3.63, 3.8) is 0 Å². The molecule has 0 aliphatic rings. The van der Waals surface area contributed by atoms with Crippen molar-refractivity contribution in [2.75, 3.05) is 23.0 Å². The Morgan fingerprint density at radius 1 is 1.15 bits per heavy atom. The summed E-state index contributed by atoms with van der Waals surface area (Å²) in [6, 6.07) is 10.9. The van der Waals surface area contributed by atoms with Crippen LogP contribution in [0.1, 0.15) is 12.5 Å². The number of carbonyl (C=O) groups excluding carboxylic acids is 2. The third-order valence-corrected chi connectivity index (χ3v) is 4.91. The Morgan fingerprint density at radius 3 is 2.71 bits per heavy atom. The molecule has 0 radical (unpaired) electrons. The fraction of sp³-hybridized carbons (Fsp3) is 0.174. The highest BCUT2D eigenvalue weighted by molar-refractivity contribution is 6.01. The summed E-state index contributed by atoms with van der Waals surface area (Å²) in [7, 11) is 0. The zero-order valence-electron chi connectivity index (χ0n) is 18.5. The van der Waals surface area contributed by atoms with E-state index in [2.05, 4.69) is 25.7 Å². The van der Waals surface area contributed by atoms with Crippen molar-refractivity contribution in [1.29, 1.82) is 0 Å². The zero-order valence-corrected chi connectivity index (χ0v) is 18.5. The first-order valence-electron chi connectivity index (χ1n) is 10.4. The van der Waals surface area contributed by atoms with Crippen LogP contribution in [0.2, 0.25) is 0 Å². The van der Waals surface area contributed by atoms with Crippen LogP contribution in [-0.2, 0) is 16.1 Å². The molecule has 0 bridgehead atoms. The molecule has 0 saturated carbocycles. The zero-order chi connectivity index (χ0) is 24.2. The summed E-state index contributed by atoms with van der Waals surface area (Å²) < 4.78 is 21.2. The van der Waals surface area contributed by atoms with E-state index < -0.39 is 17.8 Å². The third-order valence-electron chi connectivity index (χ3n) is 4.91. The van der Waals surface area contributed by atoms with Crippen molar-refractivity contribution in [2.24, 2.45) is 0 Å². The van der Waals surface area contributed by atoms with Gasteiger partial charge >= 0.3 is 12.0 Å². The molecule has 2 aromatic carbocycles. The number of nitrogens with one attached hydrogen (secondary N) is 2. The van der Waals surface area contributed by atoms with Crippen molar-refractivity contribution in [2.45, 2.75) is 20.4 Å². The Morgan fingerprint density at radius 2 is 1.97 bits per heavy atom. The molecule has 0 spiro atoms. The number of nitrogen functional groups attached to an aromatic ring is 1. The number of amides is 2. The molecule has 11 heteroatoms. The van der Waals surface area contributed by atoms with E-state index in [1.54, 1.807) is 31.2 Å². The van der Waals surface area contributed by atoms with Crippen LogP contribution in [0.15, 0.2) is 48.8 Å². The van der Waals surface area contributed by atoms with Crippen molar-refractivity contribution in [1.82, 2.24) is 19.7 Å². The predicted molar refractivity (Wildman–Crippen MR) is 126 cm³/mol. The number of fused-ring (bicyclic) bond motifs is 1. The first-order valence-corrected chi connectivity index (χ1v) is 10.4. The molecule has 4 rings (SSSR count). The van der Waals surface area contributed by atoms with Crippen LogP contribution in [0.3, 0.4) is 0 Å². The van der Waals surface area contributed by atoms with Gasteiger partial charge in [0.05, 0.1) is 17.7 Å². The number of carbonyl (C=O) groups is 2. The van der Waals surface area contributed by atoms with Gasteiger partial charge in [0, 0.05) is 11.3 Å². The van der Waals surface area contributed by atoms with E-state index in [0.717, 1.165) is 5.56 Å². The fourth-order valence-corrected chi connectivity index (χ4v) is 3.44. The minimum Gasteiger partial charge on any atom is -0.465 e. The number of aryl methyl sites for hydroxylation is 1. The standard InChI is InChI=1S/C23H22FN7O3/c1-3-34-18(32)11-31-22-19(21(25)26-12-27-22)20(30-31)14-7-8-17(16(24)10-14)29-23(33)28-15-6-4-5-13(2)9-15/h4-10,12H,3,11H2,1-2H3,(H2,25,26,27)(H2,28,29,33). The number of aromatic nitrogens is 4. The number of nitrogens with two attached hydrogens (primary N) is 1. The maximum atomic E-state index is 14.9.